The molecule has 1 aliphatic rings. The van der Waals surface area contributed by atoms with E-state index >= 15 is 0 Å². The van der Waals surface area contributed by atoms with Gasteiger partial charge in [-0.25, -0.2) is 4.39 Å². The van der Waals surface area contributed by atoms with E-state index in [1.807, 2.05) is 16.7 Å². The first-order valence-corrected chi connectivity index (χ1v) is 10.1. The molecule has 1 unspecified atom stereocenters. The summed E-state index contributed by atoms with van der Waals surface area (Å²) in [5, 5.41) is 11.6. The second-order valence-corrected chi connectivity index (χ2v) is 8.37. The third-order valence-electron chi connectivity index (χ3n) is 4.42. The molecule has 0 aliphatic heterocycles. The summed E-state index contributed by atoms with van der Waals surface area (Å²) in [6, 6.07) is 7.82. The number of carbonyl (C=O) groups excluding carboxylic acids is 1. The molecular formula is C19H18ClFN4O2S. The molecular weight excluding hydrogens is 403 g/mol. The van der Waals surface area contributed by atoms with Gasteiger partial charge in [0.25, 0.3) is 0 Å². The number of thioether (sulfide) groups is 1. The summed E-state index contributed by atoms with van der Waals surface area (Å²) in [4.78, 5) is 12.5. The van der Waals surface area contributed by atoms with E-state index in [1.54, 1.807) is 13.2 Å². The topological polar surface area (TPSA) is 73.0 Å². The zero-order valence-corrected chi connectivity index (χ0v) is 16.6. The Balaban J connectivity index is 1.48. The van der Waals surface area contributed by atoms with Gasteiger partial charge in [0.05, 0.1) is 23.1 Å². The molecule has 3 aromatic rings. The van der Waals surface area contributed by atoms with Crippen LogP contribution in [0.5, 0.6) is 0 Å². The van der Waals surface area contributed by atoms with Crippen molar-refractivity contribution in [2.24, 2.45) is 0 Å². The van der Waals surface area contributed by atoms with Crippen LogP contribution in [-0.4, -0.2) is 25.9 Å². The zero-order valence-electron chi connectivity index (χ0n) is 15.1. The van der Waals surface area contributed by atoms with Crippen molar-refractivity contribution in [2.75, 3.05) is 5.32 Å². The van der Waals surface area contributed by atoms with Crippen molar-refractivity contribution >= 4 is 35.0 Å². The number of anilines is 1. The number of benzene rings is 1. The minimum Gasteiger partial charge on any atom is -0.467 e. The normalized spacial score (nSPS) is 14.8. The van der Waals surface area contributed by atoms with Gasteiger partial charge in [0.2, 0.25) is 5.91 Å². The van der Waals surface area contributed by atoms with Crippen molar-refractivity contribution in [1.29, 1.82) is 0 Å². The van der Waals surface area contributed by atoms with E-state index in [2.05, 4.69) is 15.5 Å². The highest BCUT2D eigenvalue weighted by atomic mass is 35.5. The average molecular weight is 421 g/mol. The van der Waals surface area contributed by atoms with Crippen LogP contribution >= 0.6 is 23.4 Å². The molecule has 1 atom stereocenters. The summed E-state index contributed by atoms with van der Waals surface area (Å²) in [6.07, 6.45) is 3.83. The fourth-order valence-corrected chi connectivity index (χ4v) is 3.80. The number of nitrogens with zero attached hydrogens (tertiary/aromatic N) is 3. The van der Waals surface area contributed by atoms with Crippen LogP contribution in [0, 0.1) is 5.82 Å². The number of rotatable bonds is 7. The lowest BCUT2D eigenvalue weighted by Gasteiger charge is -2.13. The molecule has 1 aliphatic carbocycles. The Hall–Kier alpha value is -2.32. The van der Waals surface area contributed by atoms with E-state index in [4.69, 9.17) is 16.0 Å². The Kier molecular flexibility index (Phi) is 5.41. The number of amides is 1. The van der Waals surface area contributed by atoms with Crippen LogP contribution in [0.25, 0.3) is 0 Å². The lowest BCUT2D eigenvalue weighted by atomic mass is 10.3. The van der Waals surface area contributed by atoms with Gasteiger partial charge in [-0.3, -0.25) is 9.36 Å². The summed E-state index contributed by atoms with van der Waals surface area (Å²) in [5.41, 5.74) is 0.444. The highest BCUT2D eigenvalue weighted by Crippen LogP contribution is 2.40. The Morgan fingerprint density at radius 2 is 2.25 bits per heavy atom. The van der Waals surface area contributed by atoms with E-state index < -0.39 is 11.1 Å². The van der Waals surface area contributed by atoms with Crippen LogP contribution < -0.4 is 5.32 Å². The number of hydrogen-bond donors (Lipinski definition) is 1. The Bertz CT molecular complexity index is 988. The van der Waals surface area contributed by atoms with Gasteiger partial charge >= 0.3 is 0 Å². The highest BCUT2D eigenvalue weighted by Gasteiger charge is 2.31. The molecule has 146 valence electrons. The Morgan fingerprint density at radius 1 is 1.43 bits per heavy atom. The second-order valence-electron chi connectivity index (χ2n) is 6.66. The fourth-order valence-electron chi connectivity index (χ4n) is 2.77. The zero-order chi connectivity index (χ0) is 19.7. The summed E-state index contributed by atoms with van der Waals surface area (Å²) in [7, 11) is 0. The molecule has 1 aromatic carbocycles. The Morgan fingerprint density at radius 3 is 2.93 bits per heavy atom. The fraction of sp³-hybridized carbons (Fsp3) is 0.316. The molecule has 1 saturated carbocycles. The number of furan rings is 1. The first-order valence-electron chi connectivity index (χ1n) is 8.89. The van der Waals surface area contributed by atoms with Gasteiger partial charge in [-0.1, -0.05) is 23.4 Å². The minimum absolute atomic E-state index is 0.0367. The molecule has 2 heterocycles. The maximum atomic E-state index is 13.3. The third-order valence-corrected chi connectivity index (χ3v) is 5.79. The average Bonchev–Trinajstić information content (AvgIpc) is 3.24. The van der Waals surface area contributed by atoms with Gasteiger partial charge in [0.1, 0.15) is 17.4 Å². The van der Waals surface area contributed by atoms with Crippen molar-refractivity contribution in [3.63, 3.8) is 0 Å². The van der Waals surface area contributed by atoms with Gasteiger partial charge in [0, 0.05) is 11.6 Å². The summed E-state index contributed by atoms with van der Waals surface area (Å²) in [5.74, 6) is 1.40. The van der Waals surface area contributed by atoms with E-state index in [0.29, 0.717) is 23.3 Å². The number of carbonyl (C=O) groups is 1. The van der Waals surface area contributed by atoms with Crippen molar-refractivity contribution in [3.8, 4) is 0 Å². The standard InChI is InChI=1S/C19H18ClFN4O2S/c1-11(18(26)22-13-6-7-16(21)15(20)9-13)28-19-24-23-17(12-4-5-12)25(19)10-14-3-2-8-27-14/h2-3,6-9,11-12H,4-5,10H2,1H3,(H,22,26). The first-order chi connectivity index (χ1) is 13.5. The molecule has 1 amide bonds. The predicted molar refractivity (Wildman–Crippen MR) is 105 cm³/mol. The number of aromatic nitrogens is 3. The molecule has 0 saturated heterocycles. The molecule has 0 bridgehead atoms. The molecule has 28 heavy (non-hydrogen) atoms. The SMILES string of the molecule is CC(Sc1nnc(C2CC2)n1Cc1ccco1)C(=O)Nc1ccc(F)c(Cl)c1. The summed E-state index contributed by atoms with van der Waals surface area (Å²) >= 11 is 7.09. The third kappa shape index (κ3) is 4.23. The quantitative estimate of drug-likeness (QED) is 0.560. The monoisotopic (exact) mass is 420 g/mol. The van der Waals surface area contributed by atoms with Gasteiger partial charge in [-0.2, -0.15) is 0 Å². The number of nitrogens with one attached hydrogen (secondary N) is 1. The molecule has 2 aromatic heterocycles. The smallest absolute Gasteiger partial charge is 0.237 e. The maximum absolute atomic E-state index is 13.3. The molecule has 4 rings (SSSR count). The molecule has 1 N–H and O–H groups in total. The van der Waals surface area contributed by atoms with Crippen LogP contribution in [0.4, 0.5) is 10.1 Å². The van der Waals surface area contributed by atoms with Crippen molar-refractivity contribution in [1.82, 2.24) is 14.8 Å². The van der Waals surface area contributed by atoms with Gasteiger partial charge in [-0.15, -0.1) is 10.2 Å². The van der Waals surface area contributed by atoms with Crippen LogP contribution in [0.2, 0.25) is 5.02 Å². The van der Waals surface area contributed by atoms with E-state index in [0.717, 1.165) is 24.4 Å². The molecule has 9 heteroatoms. The van der Waals surface area contributed by atoms with Crippen molar-refractivity contribution in [2.45, 2.75) is 42.6 Å². The van der Waals surface area contributed by atoms with Crippen LogP contribution in [0.1, 0.15) is 37.3 Å². The van der Waals surface area contributed by atoms with E-state index in [-0.39, 0.29) is 10.9 Å². The second kappa shape index (κ2) is 7.97. The maximum Gasteiger partial charge on any atom is 0.237 e. The lowest BCUT2D eigenvalue weighted by Crippen LogP contribution is -2.23. The van der Waals surface area contributed by atoms with Gasteiger partial charge in [-0.05, 0) is 50.1 Å². The largest absolute Gasteiger partial charge is 0.467 e. The first kappa shape index (κ1) is 19.0. The Labute approximate surface area is 170 Å². The number of hydrogen-bond acceptors (Lipinski definition) is 5. The van der Waals surface area contributed by atoms with E-state index in [1.165, 1.54) is 30.0 Å². The van der Waals surface area contributed by atoms with Gasteiger partial charge < -0.3 is 9.73 Å². The molecule has 6 nitrogen and oxygen atoms in total. The van der Waals surface area contributed by atoms with Crippen LogP contribution in [-0.2, 0) is 11.3 Å². The summed E-state index contributed by atoms with van der Waals surface area (Å²) in [6.45, 7) is 2.31. The molecule has 0 spiro atoms. The predicted octanol–water partition coefficient (Wildman–Crippen LogP) is 4.71. The lowest BCUT2D eigenvalue weighted by molar-refractivity contribution is -0.115. The van der Waals surface area contributed by atoms with Gasteiger partial charge in [0.15, 0.2) is 5.16 Å². The van der Waals surface area contributed by atoms with Crippen molar-refractivity contribution < 1.29 is 13.6 Å². The number of halogens is 2. The van der Waals surface area contributed by atoms with Crippen LogP contribution in [0.3, 0.4) is 0 Å². The van der Waals surface area contributed by atoms with E-state index in [9.17, 15) is 9.18 Å². The van der Waals surface area contributed by atoms with Crippen LogP contribution in [0.15, 0.2) is 46.2 Å². The molecule has 1 fully saturated rings. The minimum atomic E-state index is -0.527. The highest BCUT2D eigenvalue weighted by molar-refractivity contribution is 8.00. The van der Waals surface area contributed by atoms with Crippen molar-refractivity contribution in [3.05, 3.63) is 59.0 Å². The summed E-state index contributed by atoms with van der Waals surface area (Å²) < 4.78 is 20.8. The molecule has 0 radical (unpaired) electrons.